The number of hydrogen-bond acceptors (Lipinski definition) is 4. The van der Waals surface area contributed by atoms with Crippen LogP contribution in [0.5, 0.6) is 17.2 Å². The molecule has 0 bridgehead atoms. The van der Waals surface area contributed by atoms with E-state index < -0.39 is 0 Å². The highest BCUT2D eigenvalue weighted by Crippen LogP contribution is 2.36. The van der Waals surface area contributed by atoms with Gasteiger partial charge in [-0.2, -0.15) is 5.26 Å². The lowest BCUT2D eigenvalue weighted by Crippen LogP contribution is -1.98. The molecule has 0 aliphatic rings. The molecule has 0 saturated carbocycles. The fraction of sp³-hybridized carbons (Fsp3) is 0.188. The summed E-state index contributed by atoms with van der Waals surface area (Å²) < 4.78 is 11.1. The minimum atomic E-state index is 0.457. The Balaban J connectivity index is 2.43. The lowest BCUT2D eigenvalue weighted by Gasteiger charge is -2.15. The number of hydrogen-bond donors (Lipinski definition) is 1. The van der Waals surface area contributed by atoms with Crippen LogP contribution in [0.2, 0.25) is 0 Å². The second-order valence-corrected chi connectivity index (χ2v) is 4.53. The standard InChI is InChI=1S/C16H16N2O2/c1-10-7-12(9-17)8-11(2)16(10)20-14-6-4-5-13(19-3)15(14)18/h4-8H,18H2,1-3H3. The van der Waals surface area contributed by atoms with Crippen LogP contribution in [0.4, 0.5) is 5.69 Å². The van der Waals surface area contributed by atoms with Gasteiger partial charge in [-0.15, -0.1) is 0 Å². The summed E-state index contributed by atoms with van der Waals surface area (Å²) in [5, 5.41) is 8.95. The number of nitrogens with two attached hydrogens (primary N) is 1. The van der Waals surface area contributed by atoms with E-state index in [1.165, 1.54) is 0 Å². The fourth-order valence-electron chi connectivity index (χ4n) is 2.08. The van der Waals surface area contributed by atoms with E-state index in [-0.39, 0.29) is 0 Å². The summed E-state index contributed by atoms with van der Waals surface area (Å²) >= 11 is 0. The Morgan fingerprint density at radius 1 is 1.10 bits per heavy atom. The zero-order valence-electron chi connectivity index (χ0n) is 11.7. The van der Waals surface area contributed by atoms with Crippen LogP contribution in [0.15, 0.2) is 30.3 Å². The van der Waals surface area contributed by atoms with E-state index in [9.17, 15) is 0 Å². The lowest BCUT2D eigenvalue weighted by molar-refractivity contribution is 0.411. The fourth-order valence-corrected chi connectivity index (χ4v) is 2.08. The number of benzene rings is 2. The average Bonchev–Trinajstić information content (AvgIpc) is 2.44. The van der Waals surface area contributed by atoms with Crippen LogP contribution in [0.3, 0.4) is 0 Å². The summed E-state index contributed by atoms with van der Waals surface area (Å²) in [6.07, 6.45) is 0. The van der Waals surface area contributed by atoms with Crippen molar-refractivity contribution in [3.05, 3.63) is 47.0 Å². The maximum absolute atomic E-state index is 8.95. The molecule has 0 saturated heterocycles. The van der Waals surface area contributed by atoms with Crippen molar-refractivity contribution >= 4 is 5.69 Å². The van der Waals surface area contributed by atoms with Gasteiger partial charge in [0.1, 0.15) is 17.2 Å². The maximum Gasteiger partial charge on any atom is 0.154 e. The summed E-state index contributed by atoms with van der Waals surface area (Å²) in [4.78, 5) is 0. The van der Waals surface area contributed by atoms with Gasteiger partial charge in [0, 0.05) is 0 Å². The first kappa shape index (κ1) is 13.8. The molecule has 102 valence electrons. The van der Waals surface area contributed by atoms with Crippen molar-refractivity contribution in [1.29, 1.82) is 5.26 Å². The molecule has 0 radical (unpaired) electrons. The van der Waals surface area contributed by atoms with E-state index in [4.69, 9.17) is 20.5 Å². The molecular formula is C16H16N2O2. The van der Waals surface area contributed by atoms with Gasteiger partial charge >= 0.3 is 0 Å². The Hall–Kier alpha value is -2.67. The molecule has 0 aliphatic heterocycles. The highest BCUT2D eigenvalue weighted by molar-refractivity contribution is 5.64. The topological polar surface area (TPSA) is 68.3 Å². The number of anilines is 1. The molecule has 0 atom stereocenters. The highest BCUT2D eigenvalue weighted by atomic mass is 16.5. The van der Waals surface area contributed by atoms with E-state index in [0.29, 0.717) is 28.5 Å². The van der Waals surface area contributed by atoms with E-state index in [0.717, 1.165) is 11.1 Å². The first-order valence-electron chi connectivity index (χ1n) is 6.18. The van der Waals surface area contributed by atoms with Gasteiger partial charge in [0.2, 0.25) is 0 Å². The number of nitrogen functional groups attached to an aromatic ring is 1. The summed E-state index contributed by atoms with van der Waals surface area (Å²) in [6, 6.07) is 11.1. The first-order valence-corrected chi connectivity index (χ1v) is 6.18. The second kappa shape index (κ2) is 5.54. The quantitative estimate of drug-likeness (QED) is 0.864. The van der Waals surface area contributed by atoms with Gasteiger partial charge < -0.3 is 15.2 Å². The normalized spacial score (nSPS) is 9.90. The molecule has 0 aromatic heterocycles. The van der Waals surface area contributed by atoms with Crippen molar-refractivity contribution in [3.8, 4) is 23.3 Å². The molecule has 0 heterocycles. The average molecular weight is 268 g/mol. The van der Waals surface area contributed by atoms with Crippen LogP contribution in [0.1, 0.15) is 16.7 Å². The number of aryl methyl sites for hydroxylation is 2. The smallest absolute Gasteiger partial charge is 0.154 e. The molecule has 0 aliphatic carbocycles. The molecular weight excluding hydrogens is 252 g/mol. The molecule has 0 fully saturated rings. The van der Waals surface area contributed by atoms with Crippen LogP contribution >= 0.6 is 0 Å². The van der Waals surface area contributed by atoms with E-state index in [2.05, 4.69) is 6.07 Å². The van der Waals surface area contributed by atoms with Crippen molar-refractivity contribution in [2.24, 2.45) is 0 Å². The number of rotatable bonds is 3. The monoisotopic (exact) mass is 268 g/mol. The molecule has 2 aromatic rings. The van der Waals surface area contributed by atoms with Gasteiger partial charge in [-0.05, 0) is 49.2 Å². The van der Waals surface area contributed by atoms with Crippen LogP contribution in [0, 0.1) is 25.2 Å². The number of ether oxygens (including phenoxy) is 2. The molecule has 20 heavy (non-hydrogen) atoms. The molecule has 4 heteroatoms. The Labute approximate surface area is 118 Å². The van der Waals surface area contributed by atoms with Crippen molar-refractivity contribution in [1.82, 2.24) is 0 Å². The summed E-state index contributed by atoms with van der Waals surface area (Å²) in [7, 11) is 1.56. The zero-order chi connectivity index (χ0) is 14.7. The first-order chi connectivity index (χ1) is 9.56. The summed E-state index contributed by atoms with van der Waals surface area (Å²) in [5.41, 5.74) is 8.85. The number of nitrogens with zero attached hydrogens (tertiary/aromatic N) is 1. The maximum atomic E-state index is 8.95. The van der Waals surface area contributed by atoms with Gasteiger partial charge in [0.25, 0.3) is 0 Å². The molecule has 0 unspecified atom stereocenters. The minimum Gasteiger partial charge on any atom is -0.494 e. The zero-order valence-corrected chi connectivity index (χ0v) is 11.7. The molecule has 2 N–H and O–H groups in total. The van der Waals surface area contributed by atoms with Gasteiger partial charge in [-0.1, -0.05) is 6.07 Å². The number of para-hydroxylation sites is 1. The third-order valence-electron chi connectivity index (χ3n) is 3.05. The van der Waals surface area contributed by atoms with Gasteiger partial charge in [-0.25, -0.2) is 0 Å². The van der Waals surface area contributed by atoms with E-state index in [1.807, 2.05) is 19.9 Å². The van der Waals surface area contributed by atoms with Crippen LogP contribution in [0.25, 0.3) is 0 Å². The number of nitriles is 1. The van der Waals surface area contributed by atoms with Crippen molar-refractivity contribution in [3.63, 3.8) is 0 Å². The summed E-state index contributed by atoms with van der Waals surface area (Å²) in [6.45, 7) is 3.80. The SMILES string of the molecule is COc1cccc(Oc2c(C)cc(C#N)cc2C)c1N. The predicted octanol–water partition coefficient (Wildman–Crippen LogP) is 3.56. The molecule has 0 spiro atoms. The molecule has 4 nitrogen and oxygen atoms in total. The largest absolute Gasteiger partial charge is 0.494 e. The Morgan fingerprint density at radius 2 is 1.70 bits per heavy atom. The summed E-state index contributed by atoms with van der Waals surface area (Å²) in [5.74, 6) is 1.83. The van der Waals surface area contributed by atoms with Gasteiger partial charge in [0.05, 0.1) is 18.7 Å². The molecule has 2 aromatic carbocycles. The van der Waals surface area contributed by atoms with Crippen LogP contribution in [-0.4, -0.2) is 7.11 Å². The molecule has 2 rings (SSSR count). The Bertz CT molecular complexity index is 664. The second-order valence-electron chi connectivity index (χ2n) is 4.53. The van der Waals surface area contributed by atoms with Crippen LogP contribution < -0.4 is 15.2 Å². The van der Waals surface area contributed by atoms with E-state index in [1.54, 1.807) is 31.4 Å². The van der Waals surface area contributed by atoms with Gasteiger partial charge in [-0.3, -0.25) is 0 Å². The highest BCUT2D eigenvalue weighted by Gasteiger charge is 2.11. The van der Waals surface area contributed by atoms with Gasteiger partial charge in [0.15, 0.2) is 5.75 Å². The van der Waals surface area contributed by atoms with Crippen molar-refractivity contribution in [2.45, 2.75) is 13.8 Å². The number of methoxy groups -OCH3 is 1. The predicted molar refractivity (Wildman–Crippen MR) is 78.1 cm³/mol. The molecule has 0 amide bonds. The van der Waals surface area contributed by atoms with E-state index >= 15 is 0 Å². The third-order valence-corrected chi connectivity index (χ3v) is 3.05. The Kier molecular flexibility index (Phi) is 3.81. The van der Waals surface area contributed by atoms with Crippen molar-refractivity contribution < 1.29 is 9.47 Å². The van der Waals surface area contributed by atoms with Crippen molar-refractivity contribution in [2.75, 3.05) is 12.8 Å². The lowest BCUT2D eigenvalue weighted by atomic mass is 10.1. The minimum absolute atomic E-state index is 0.457. The van der Waals surface area contributed by atoms with Crippen LogP contribution in [-0.2, 0) is 0 Å². The Morgan fingerprint density at radius 3 is 2.25 bits per heavy atom. The third kappa shape index (κ3) is 2.52.